The number of carbonyl (C=O) groups excluding carboxylic acids is 1. The number of carbonyl (C=O) groups is 1. The first-order valence-electron chi connectivity index (χ1n) is 11.0. The van der Waals surface area contributed by atoms with Crippen LogP contribution in [0.2, 0.25) is 5.02 Å². The lowest BCUT2D eigenvalue weighted by molar-refractivity contribution is -0.133. The Labute approximate surface area is 186 Å². The van der Waals surface area contributed by atoms with Crippen molar-refractivity contribution in [3.8, 4) is 0 Å². The minimum absolute atomic E-state index is 0.126. The molecule has 31 heavy (non-hydrogen) atoms. The van der Waals surface area contributed by atoms with Gasteiger partial charge in [-0.15, -0.1) is 0 Å². The smallest absolute Gasteiger partial charge is 0.313 e. The van der Waals surface area contributed by atoms with Gasteiger partial charge in [0.2, 0.25) is 0 Å². The number of quaternary nitrogens is 1. The van der Waals surface area contributed by atoms with Gasteiger partial charge in [0.1, 0.15) is 24.4 Å². The van der Waals surface area contributed by atoms with Gasteiger partial charge in [-0.2, -0.15) is 5.10 Å². The molecule has 0 bridgehead atoms. The second-order valence-corrected chi connectivity index (χ2v) is 9.09. The minimum Gasteiger partial charge on any atom is -0.313 e. The highest BCUT2D eigenvalue weighted by Gasteiger charge is 2.49. The number of nitrogens with zero attached hydrogens (tertiary/aromatic N) is 3. The Balaban J connectivity index is 1.68. The number of benzene rings is 1. The van der Waals surface area contributed by atoms with Crippen molar-refractivity contribution in [2.45, 2.75) is 31.7 Å². The van der Waals surface area contributed by atoms with Crippen molar-refractivity contribution in [1.29, 1.82) is 0 Å². The van der Waals surface area contributed by atoms with E-state index in [1.807, 2.05) is 36.7 Å². The highest BCUT2D eigenvalue weighted by molar-refractivity contribution is 6.30. The molecule has 5 rings (SSSR count). The van der Waals surface area contributed by atoms with E-state index in [4.69, 9.17) is 11.6 Å². The molecule has 0 spiro atoms. The number of piperazine rings is 1. The zero-order chi connectivity index (χ0) is 21.4. The van der Waals surface area contributed by atoms with E-state index in [-0.39, 0.29) is 17.9 Å². The fourth-order valence-electron chi connectivity index (χ4n) is 5.36. The largest absolute Gasteiger partial charge is 0.327 e. The van der Waals surface area contributed by atoms with E-state index < -0.39 is 0 Å². The van der Waals surface area contributed by atoms with Crippen molar-refractivity contribution < 1.29 is 4.79 Å². The Morgan fingerprint density at radius 1 is 1.16 bits per heavy atom. The SMILES string of the molecule is Cc1cnc2[nH]ncc2c1[N+]1(C(=O)[C@@H](c2ccc(Cl)cc2)[C@@H]2CCCN2)CCNCC1. The molecular weight excluding hydrogens is 412 g/mol. The van der Waals surface area contributed by atoms with Crippen molar-refractivity contribution in [2.75, 3.05) is 32.7 Å². The van der Waals surface area contributed by atoms with E-state index in [1.54, 1.807) is 0 Å². The van der Waals surface area contributed by atoms with Crippen molar-refractivity contribution in [3.63, 3.8) is 0 Å². The van der Waals surface area contributed by atoms with Crippen LogP contribution in [0, 0.1) is 6.92 Å². The summed E-state index contributed by atoms with van der Waals surface area (Å²) in [7, 11) is 0. The Bertz CT molecular complexity index is 1080. The Morgan fingerprint density at radius 2 is 1.94 bits per heavy atom. The molecule has 0 radical (unpaired) electrons. The van der Waals surface area contributed by atoms with E-state index in [1.165, 1.54) is 0 Å². The quantitative estimate of drug-likeness (QED) is 0.544. The number of aromatic amines is 1. The Hall–Kier alpha value is -2.32. The summed E-state index contributed by atoms with van der Waals surface area (Å²) in [5.41, 5.74) is 3.81. The molecular formula is C23H28ClN6O+. The van der Waals surface area contributed by atoms with Crippen molar-refractivity contribution in [1.82, 2.24) is 30.3 Å². The van der Waals surface area contributed by atoms with Gasteiger partial charge in [-0.25, -0.2) is 14.3 Å². The highest BCUT2D eigenvalue weighted by atomic mass is 35.5. The molecule has 0 saturated carbocycles. The topological polar surface area (TPSA) is 82.7 Å². The van der Waals surface area contributed by atoms with Gasteiger partial charge in [-0.3, -0.25) is 5.10 Å². The highest BCUT2D eigenvalue weighted by Crippen LogP contribution is 2.39. The van der Waals surface area contributed by atoms with E-state index in [0.717, 1.165) is 60.3 Å². The van der Waals surface area contributed by atoms with E-state index in [2.05, 4.69) is 32.7 Å². The number of amides is 1. The van der Waals surface area contributed by atoms with E-state index in [9.17, 15) is 4.79 Å². The first kappa shape index (κ1) is 20.6. The summed E-state index contributed by atoms with van der Waals surface area (Å²) in [5.74, 6) is -0.00703. The normalized spacial score (nSPS) is 21.9. The van der Waals surface area contributed by atoms with Crippen molar-refractivity contribution >= 4 is 34.2 Å². The summed E-state index contributed by atoms with van der Waals surface area (Å²) in [6.07, 6.45) is 5.75. The first-order valence-corrected chi connectivity index (χ1v) is 11.4. The van der Waals surface area contributed by atoms with Crippen molar-refractivity contribution in [3.05, 3.63) is 52.8 Å². The number of hydrogen-bond acceptors (Lipinski definition) is 5. The summed E-state index contributed by atoms with van der Waals surface area (Å²) < 4.78 is 0.308. The molecule has 2 aromatic heterocycles. The second-order valence-electron chi connectivity index (χ2n) is 8.66. The van der Waals surface area contributed by atoms with Crippen LogP contribution in [0.5, 0.6) is 0 Å². The van der Waals surface area contributed by atoms with Gasteiger partial charge in [0.05, 0.1) is 6.20 Å². The van der Waals surface area contributed by atoms with Gasteiger partial charge in [-0.1, -0.05) is 23.7 Å². The monoisotopic (exact) mass is 439 g/mol. The third-order valence-corrected chi connectivity index (χ3v) is 7.07. The standard InChI is InChI=1S/C23H28ClN6O/c1-15-13-27-22-18(14-28-29-22)21(15)30(11-9-25-10-12-30)23(31)20(19-3-2-8-26-19)16-4-6-17(24)7-5-16/h4-7,13-14,19-20,25-26H,2-3,8-12H2,1H3,(H,27,28,29)/q+1/t19-,20-/m0/s1. The molecule has 7 nitrogen and oxygen atoms in total. The molecule has 3 aromatic rings. The van der Waals surface area contributed by atoms with Gasteiger partial charge in [0.15, 0.2) is 11.3 Å². The zero-order valence-electron chi connectivity index (χ0n) is 17.7. The van der Waals surface area contributed by atoms with E-state index >= 15 is 0 Å². The van der Waals surface area contributed by atoms with Crippen LogP contribution < -0.4 is 15.1 Å². The molecule has 0 unspecified atom stereocenters. The molecule has 2 aliphatic heterocycles. The van der Waals surface area contributed by atoms with Crippen LogP contribution in [0.4, 0.5) is 5.69 Å². The number of halogens is 1. The zero-order valence-corrected chi connectivity index (χ0v) is 18.5. The number of aromatic nitrogens is 3. The van der Waals surface area contributed by atoms with E-state index in [0.29, 0.717) is 22.6 Å². The van der Waals surface area contributed by atoms with Gasteiger partial charge in [-0.05, 0) is 44.0 Å². The summed E-state index contributed by atoms with van der Waals surface area (Å²) in [4.78, 5) is 19.1. The van der Waals surface area contributed by atoms with Crippen LogP contribution in [0.15, 0.2) is 36.7 Å². The lowest BCUT2D eigenvalue weighted by Gasteiger charge is -2.42. The maximum atomic E-state index is 14.6. The average molecular weight is 440 g/mol. The fraction of sp³-hybridized carbons (Fsp3) is 0.435. The number of fused-ring (bicyclic) bond motifs is 1. The summed E-state index contributed by atoms with van der Waals surface area (Å²) in [6.45, 7) is 6.00. The summed E-state index contributed by atoms with van der Waals surface area (Å²) in [5, 5.41) is 15.9. The average Bonchev–Trinajstić information content (AvgIpc) is 3.48. The van der Waals surface area contributed by atoms with Gasteiger partial charge in [0, 0.05) is 35.9 Å². The molecule has 2 fully saturated rings. The third kappa shape index (κ3) is 3.55. The summed E-state index contributed by atoms with van der Waals surface area (Å²) >= 11 is 6.17. The third-order valence-electron chi connectivity index (χ3n) is 6.82. The lowest BCUT2D eigenvalue weighted by Crippen LogP contribution is -2.65. The van der Waals surface area contributed by atoms with Crippen LogP contribution in [0.25, 0.3) is 11.0 Å². The lowest BCUT2D eigenvalue weighted by atomic mass is 9.87. The molecule has 162 valence electrons. The molecule has 2 atom stereocenters. The number of H-pyrrole nitrogens is 1. The Kier molecular flexibility index (Phi) is 5.52. The van der Waals surface area contributed by atoms with Crippen LogP contribution in [-0.2, 0) is 4.79 Å². The molecule has 3 N–H and O–H groups in total. The van der Waals surface area contributed by atoms with Crippen LogP contribution in [0.1, 0.15) is 29.9 Å². The molecule has 2 aliphatic rings. The number of rotatable bonds is 4. The fourth-order valence-corrected chi connectivity index (χ4v) is 5.49. The minimum atomic E-state index is -0.243. The number of aryl methyl sites for hydroxylation is 1. The maximum absolute atomic E-state index is 14.6. The summed E-state index contributed by atoms with van der Waals surface area (Å²) in [6, 6.07) is 7.92. The first-order chi connectivity index (χ1) is 15.1. The van der Waals surface area contributed by atoms with Crippen LogP contribution in [-0.4, -0.2) is 59.9 Å². The van der Waals surface area contributed by atoms with Gasteiger partial charge in [0.25, 0.3) is 0 Å². The molecule has 4 heterocycles. The predicted octanol–water partition coefficient (Wildman–Crippen LogP) is 2.89. The molecule has 1 aromatic carbocycles. The number of nitrogens with one attached hydrogen (secondary N) is 3. The second kappa shape index (κ2) is 8.31. The van der Waals surface area contributed by atoms with Gasteiger partial charge >= 0.3 is 5.91 Å². The van der Waals surface area contributed by atoms with Crippen LogP contribution >= 0.6 is 11.6 Å². The molecule has 1 amide bonds. The molecule has 0 aliphatic carbocycles. The Morgan fingerprint density at radius 3 is 2.65 bits per heavy atom. The van der Waals surface area contributed by atoms with Crippen LogP contribution in [0.3, 0.4) is 0 Å². The molecule has 2 saturated heterocycles. The maximum Gasteiger partial charge on any atom is 0.327 e. The van der Waals surface area contributed by atoms with Gasteiger partial charge < -0.3 is 10.6 Å². The molecule has 8 heteroatoms. The van der Waals surface area contributed by atoms with Crippen molar-refractivity contribution in [2.24, 2.45) is 0 Å². The number of hydrogen-bond donors (Lipinski definition) is 3. The number of pyridine rings is 1. The predicted molar refractivity (Wildman–Crippen MR) is 123 cm³/mol.